The van der Waals surface area contributed by atoms with Crippen molar-refractivity contribution in [3.05, 3.63) is 41.5 Å². The first kappa shape index (κ1) is 17.0. The maximum absolute atomic E-state index is 13.7. The largest absolute Gasteiger partial charge is 0.468 e. The van der Waals surface area contributed by atoms with Crippen LogP contribution in [0.5, 0.6) is 0 Å². The molecule has 5 aliphatic rings. The second-order valence-electron chi connectivity index (χ2n) is 9.00. The Morgan fingerprint density at radius 3 is 2.96 bits per heavy atom. The predicted octanol–water partition coefficient (Wildman–Crippen LogP) is 2.70. The normalized spacial score (nSPS) is 44.0. The molecule has 4 heterocycles. The van der Waals surface area contributed by atoms with Crippen molar-refractivity contribution < 1.29 is 14.3 Å². The number of nitrogens with zero attached hydrogens (tertiary/aromatic N) is 2. The van der Waals surface area contributed by atoms with E-state index < -0.39 is 11.1 Å². The van der Waals surface area contributed by atoms with Gasteiger partial charge in [-0.1, -0.05) is 29.8 Å². The van der Waals surface area contributed by atoms with Gasteiger partial charge in [-0.05, 0) is 38.3 Å². The second-order valence-corrected chi connectivity index (χ2v) is 9.00. The third-order valence-electron chi connectivity index (χ3n) is 8.74. The van der Waals surface area contributed by atoms with E-state index in [0.717, 1.165) is 32.5 Å². The standard InChI is InChI=1S/C23H28N2O3/c1-4-15-13-24-11-10-22-16-8-6-7-9-18(16)25(5-2)23(22)19(24)12-17(15)21(22,14-28-23)20(26)27-3/h4,6-9,17,19H,5,10-14H2,1-3H3/b15-4+/t17-,19-,21-,22-,23+/m0/s1. The summed E-state index contributed by atoms with van der Waals surface area (Å²) in [6, 6.07) is 9.01. The molecule has 6 rings (SSSR count). The molecule has 0 spiro atoms. The summed E-state index contributed by atoms with van der Waals surface area (Å²) in [5.41, 5.74) is 2.46. The van der Waals surface area contributed by atoms with Crippen LogP contribution in [0.2, 0.25) is 0 Å². The molecule has 1 saturated carbocycles. The highest BCUT2D eigenvalue weighted by molar-refractivity contribution is 5.86. The summed E-state index contributed by atoms with van der Waals surface area (Å²) in [5.74, 6) is 0.104. The molecule has 0 aromatic heterocycles. The maximum Gasteiger partial charge on any atom is 0.315 e. The van der Waals surface area contributed by atoms with Crippen LogP contribution < -0.4 is 4.90 Å². The third kappa shape index (κ3) is 1.40. The van der Waals surface area contributed by atoms with E-state index in [4.69, 9.17) is 9.47 Å². The minimum absolute atomic E-state index is 0.0831. The predicted molar refractivity (Wildman–Crippen MR) is 106 cm³/mol. The number of ether oxygens (including phenoxy) is 2. The summed E-state index contributed by atoms with van der Waals surface area (Å²) < 4.78 is 12.4. The van der Waals surface area contributed by atoms with Crippen molar-refractivity contribution >= 4 is 11.7 Å². The molecular weight excluding hydrogens is 352 g/mol. The fourth-order valence-corrected chi connectivity index (χ4v) is 7.98. The number of para-hydroxylation sites is 1. The van der Waals surface area contributed by atoms with Gasteiger partial charge < -0.3 is 14.4 Å². The molecular formula is C23H28N2O3. The van der Waals surface area contributed by atoms with E-state index in [1.807, 2.05) is 0 Å². The Labute approximate surface area is 166 Å². The molecule has 1 aromatic rings. The summed E-state index contributed by atoms with van der Waals surface area (Å²) in [5, 5.41) is 0. The minimum atomic E-state index is -0.646. The Balaban J connectivity index is 1.74. The molecule has 5 nitrogen and oxygen atoms in total. The fraction of sp³-hybridized carbons (Fsp3) is 0.609. The van der Waals surface area contributed by atoms with E-state index in [9.17, 15) is 4.79 Å². The molecule has 3 saturated heterocycles. The Hall–Kier alpha value is -1.85. The van der Waals surface area contributed by atoms with Crippen LogP contribution in [0.3, 0.4) is 0 Å². The first-order valence-corrected chi connectivity index (χ1v) is 10.6. The summed E-state index contributed by atoms with van der Waals surface area (Å²) in [4.78, 5) is 18.8. The Morgan fingerprint density at radius 2 is 2.21 bits per heavy atom. The summed E-state index contributed by atoms with van der Waals surface area (Å²) in [7, 11) is 1.55. The Bertz CT molecular complexity index is 913. The number of rotatable bonds is 2. The summed E-state index contributed by atoms with van der Waals surface area (Å²) >= 11 is 0. The number of piperidine rings is 2. The lowest BCUT2D eigenvalue weighted by Crippen LogP contribution is -2.80. The molecule has 5 atom stereocenters. The molecule has 28 heavy (non-hydrogen) atoms. The fourth-order valence-electron chi connectivity index (χ4n) is 7.98. The average Bonchev–Trinajstić information content (AvgIpc) is 3.13. The van der Waals surface area contributed by atoms with Crippen LogP contribution in [-0.4, -0.2) is 56.0 Å². The number of allylic oxidation sites excluding steroid dienone is 1. The van der Waals surface area contributed by atoms with Crippen molar-refractivity contribution in [2.24, 2.45) is 11.3 Å². The number of fused-ring (bicyclic) bond motifs is 3. The van der Waals surface area contributed by atoms with Gasteiger partial charge in [-0.25, -0.2) is 0 Å². The van der Waals surface area contributed by atoms with Gasteiger partial charge in [0.15, 0.2) is 5.72 Å². The maximum atomic E-state index is 13.7. The van der Waals surface area contributed by atoms with Crippen molar-refractivity contribution in [1.29, 1.82) is 0 Å². The zero-order valence-corrected chi connectivity index (χ0v) is 16.9. The Kier molecular flexibility index (Phi) is 3.16. The highest BCUT2D eigenvalue weighted by Gasteiger charge is 2.86. The SMILES string of the molecule is C/C=C1\CN2CC[C@@]34c5ccccc5N(CC)[C@]35OC[C@@]4(C(=O)OC)[C@H]1C[C@H]25. The van der Waals surface area contributed by atoms with Gasteiger partial charge in [0.1, 0.15) is 5.41 Å². The number of benzene rings is 1. The van der Waals surface area contributed by atoms with Crippen LogP contribution in [0.25, 0.3) is 0 Å². The first-order chi connectivity index (χ1) is 13.6. The van der Waals surface area contributed by atoms with Gasteiger partial charge in [0.25, 0.3) is 0 Å². The van der Waals surface area contributed by atoms with Gasteiger partial charge in [0.2, 0.25) is 0 Å². The van der Waals surface area contributed by atoms with E-state index in [2.05, 4.69) is 54.0 Å². The smallest absolute Gasteiger partial charge is 0.315 e. The van der Waals surface area contributed by atoms with Gasteiger partial charge >= 0.3 is 5.97 Å². The third-order valence-corrected chi connectivity index (χ3v) is 8.74. The number of carbonyl (C=O) groups excluding carboxylic acids is 1. The van der Waals surface area contributed by atoms with Crippen molar-refractivity contribution in [3.8, 4) is 0 Å². The van der Waals surface area contributed by atoms with Gasteiger partial charge in [-0.2, -0.15) is 0 Å². The summed E-state index contributed by atoms with van der Waals surface area (Å²) in [6.45, 7) is 7.61. The number of hydrogen-bond donors (Lipinski definition) is 0. The lowest BCUT2D eigenvalue weighted by Gasteiger charge is -2.67. The zero-order valence-electron chi connectivity index (χ0n) is 16.9. The summed E-state index contributed by atoms with van der Waals surface area (Å²) in [6.07, 6.45) is 4.15. The van der Waals surface area contributed by atoms with Gasteiger partial charge in [0.05, 0.1) is 25.2 Å². The zero-order chi connectivity index (χ0) is 19.3. The molecule has 1 aromatic carbocycles. The highest BCUT2D eigenvalue weighted by Crippen LogP contribution is 2.76. The van der Waals surface area contributed by atoms with Crippen molar-refractivity contribution in [3.63, 3.8) is 0 Å². The number of methoxy groups -OCH3 is 1. The van der Waals surface area contributed by atoms with Crippen molar-refractivity contribution in [2.45, 2.75) is 43.9 Å². The van der Waals surface area contributed by atoms with E-state index in [1.54, 1.807) is 7.11 Å². The average molecular weight is 380 g/mol. The van der Waals surface area contributed by atoms with Crippen LogP contribution in [0.1, 0.15) is 32.3 Å². The number of carbonyl (C=O) groups is 1. The van der Waals surface area contributed by atoms with Crippen LogP contribution >= 0.6 is 0 Å². The Morgan fingerprint density at radius 1 is 1.39 bits per heavy atom. The molecule has 5 bridgehead atoms. The van der Waals surface area contributed by atoms with Crippen molar-refractivity contribution in [1.82, 2.24) is 4.90 Å². The van der Waals surface area contributed by atoms with Crippen LogP contribution in [0.4, 0.5) is 5.69 Å². The lowest BCUT2D eigenvalue weighted by molar-refractivity contribution is -0.184. The van der Waals surface area contributed by atoms with Gasteiger partial charge in [0, 0.05) is 31.2 Å². The molecule has 4 aliphatic heterocycles. The quantitative estimate of drug-likeness (QED) is 0.583. The second kappa shape index (κ2) is 5.19. The molecule has 0 radical (unpaired) electrons. The van der Waals surface area contributed by atoms with Crippen molar-refractivity contribution in [2.75, 3.05) is 38.3 Å². The van der Waals surface area contributed by atoms with E-state index >= 15 is 0 Å². The van der Waals surface area contributed by atoms with E-state index in [1.165, 1.54) is 16.8 Å². The van der Waals surface area contributed by atoms with E-state index in [-0.39, 0.29) is 17.3 Å². The van der Waals surface area contributed by atoms with Gasteiger partial charge in [-0.3, -0.25) is 9.69 Å². The lowest BCUT2D eigenvalue weighted by atomic mass is 9.43. The molecule has 0 N–H and O–H groups in total. The van der Waals surface area contributed by atoms with Crippen LogP contribution in [0, 0.1) is 11.3 Å². The van der Waals surface area contributed by atoms with E-state index in [0.29, 0.717) is 12.6 Å². The molecule has 1 aliphatic carbocycles. The first-order valence-electron chi connectivity index (χ1n) is 10.6. The van der Waals surface area contributed by atoms with Gasteiger partial charge in [-0.15, -0.1) is 0 Å². The number of hydrogen-bond acceptors (Lipinski definition) is 5. The molecule has 4 fully saturated rings. The van der Waals surface area contributed by atoms with Crippen LogP contribution in [-0.2, 0) is 19.7 Å². The molecule has 0 amide bonds. The highest BCUT2D eigenvalue weighted by atomic mass is 16.6. The monoisotopic (exact) mass is 380 g/mol. The van der Waals surface area contributed by atoms with Crippen LogP contribution in [0.15, 0.2) is 35.9 Å². The number of anilines is 1. The number of esters is 1. The minimum Gasteiger partial charge on any atom is -0.468 e. The molecule has 0 unspecified atom stereocenters. The molecule has 5 heteroatoms. The topological polar surface area (TPSA) is 42.0 Å². The molecule has 148 valence electrons. The number of likely N-dealkylation sites (N-methyl/N-ethyl adjacent to an activating group) is 1.